The van der Waals surface area contributed by atoms with Gasteiger partial charge in [0.1, 0.15) is 12.7 Å². The van der Waals surface area contributed by atoms with Crippen LogP contribution in [0.4, 0.5) is 5.69 Å². The number of non-ortho nitro benzene ring substituents is 1. The molecule has 1 aromatic carbocycles. The molecule has 0 saturated heterocycles. The van der Waals surface area contributed by atoms with Gasteiger partial charge in [0.25, 0.3) is 5.69 Å². The van der Waals surface area contributed by atoms with Crippen LogP contribution >= 0.6 is 0 Å². The maximum atomic E-state index is 12.7. The minimum absolute atomic E-state index is 0.0248. The summed E-state index contributed by atoms with van der Waals surface area (Å²) in [6.45, 7) is 5.37. The molecule has 0 saturated carbocycles. The van der Waals surface area contributed by atoms with Gasteiger partial charge in [-0.2, -0.15) is 0 Å². The average molecular weight is 407 g/mol. The summed E-state index contributed by atoms with van der Waals surface area (Å²) < 4.78 is 16.1. The highest BCUT2D eigenvalue weighted by Gasteiger charge is 2.36. The third-order valence-electron chi connectivity index (χ3n) is 4.32. The van der Waals surface area contributed by atoms with Gasteiger partial charge in [0.15, 0.2) is 18.2 Å². The second kappa shape index (κ2) is 10.2. The first kappa shape index (κ1) is 22.7. The van der Waals surface area contributed by atoms with E-state index in [9.17, 15) is 24.8 Å². The second-order valence-electron chi connectivity index (χ2n) is 7.09. The number of rotatable bonds is 9. The molecule has 1 aliphatic heterocycles. The number of hydrogen-bond donors (Lipinski definition) is 1. The molecule has 1 aliphatic rings. The summed E-state index contributed by atoms with van der Waals surface area (Å²) in [5.41, 5.74) is 0.205. The summed E-state index contributed by atoms with van der Waals surface area (Å²) >= 11 is 0. The lowest BCUT2D eigenvalue weighted by atomic mass is 9.93. The molecule has 3 atom stereocenters. The van der Waals surface area contributed by atoms with E-state index < -0.39 is 35.2 Å². The molecule has 0 aromatic heterocycles. The zero-order valence-corrected chi connectivity index (χ0v) is 16.6. The minimum Gasteiger partial charge on any atom is -0.463 e. The van der Waals surface area contributed by atoms with E-state index in [0.29, 0.717) is 18.1 Å². The molecule has 0 fully saturated rings. The van der Waals surface area contributed by atoms with Crippen LogP contribution in [0.15, 0.2) is 35.9 Å². The van der Waals surface area contributed by atoms with Gasteiger partial charge in [-0.15, -0.1) is 0 Å². The number of ether oxygens (including phenoxy) is 3. The van der Waals surface area contributed by atoms with E-state index in [-0.39, 0.29) is 17.9 Å². The SMILES string of the molecule is CC(=O)OC[C@H]1O[C@H](OCCC(C)C)C=C([C@H](O)c2ccc([N+](=O)[O-])cc2)C1=O. The number of nitro benzene ring substituents is 1. The first-order chi connectivity index (χ1) is 13.7. The molecule has 0 spiro atoms. The van der Waals surface area contributed by atoms with Crippen LogP contribution < -0.4 is 0 Å². The Bertz CT molecular complexity index is 771. The normalized spacial score (nSPS) is 20.3. The number of carbonyl (C=O) groups excluding carboxylic acids is 2. The topological polar surface area (TPSA) is 125 Å². The minimum atomic E-state index is -1.33. The fourth-order valence-corrected chi connectivity index (χ4v) is 2.68. The quantitative estimate of drug-likeness (QED) is 0.376. The van der Waals surface area contributed by atoms with E-state index in [1.165, 1.54) is 37.3 Å². The Morgan fingerprint density at radius 2 is 1.97 bits per heavy atom. The summed E-state index contributed by atoms with van der Waals surface area (Å²) in [6, 6.07) is 5.25. The number of aliphatic hydroxyl groups is 1. The molecular weight excluding hydrogens is 382 g/mol. The van der Waals surface area contributed by atoms with Crippen molar-refractivity contribution in [3.05, 3.63) is 51.6 Å². The van der Waals surface area contributed by atoms with Crippen LogP contribution in [0.1, 0.15) is 38.9 Å². The second-order valence-corrected chi connectivity index (χ2v) is 7.09. The van der Waals surface area contributed by atoms with Crippen molar-refractivity contribution in [2.75, 3.05) is 13.2 Å². The first-order valence-corrected chi connectivity index (χ1v) is 9.27. The number of esters is 1. The Kier molecular flexibility index (Phi) is 8.00. The molecule has 0 unspecified atom stereocenters. The van der Waals surface area contributed by atoms with Crippen LogP contribution in [0.2, 0.25) is 0 Å². The van der Waals surface area contributed by atoms with Crippen LogP contribution in [-0.4, -0.2) is 47.4 Å². The highest BCUT2D eigenvalue weighted by atomic mass is 16.7. The van der Waals surface area contributed by atoms with E-state index in [1.807, 2.05) is 13.8 Å². The molecule has 2 rings (SSSR count). The van der Waals surface area contributed by atoms with Crippen LogP contribution in [0, 0.1) is 16.0 Å². The zero-order valence-electron chi connectivity index (χ0n) is 16.6. The third-order valence-corrected chi connectivity index (χ3v) is 4.32. The van der Waals surface area contributed by atoms with Crippen molar-refractivity contribution in [2.45, 2.75) is 45.7 Å². The van der Waals surface area contributed by atoms with E-state index >= 15 is 0 Å². The number of ketones is 1. The Morgan fingerprint density at radius 3 is 2.52 bits per heavy atom. The Morgan fingerprint density at radius 1 is 1.31 bits per heavy atom. The van der Waals surface area contributed by atoms with Gasteiger partial charge in [-0.3, -0.25) is 19.7 Å². The number of nitrogens with zero attached hydrogens (tertiary/aromatic N) is 1. The van der Waals surface area contributed by atoms with Crippen molar-refractivity contribution in [3.8, 4) is 0 Å². The number of Topliss-reactive ketones (excluding diaryl/α,β-unsaturated/α-hetero) is 1. The standard InChI is InChI=1S/C20H25NO8/c1-12(2)8-9-27-18-10-16(20(24)17(29-18)11-28-13(3)22)19(23)14-4-6-15(7-5-14)21(25)26/h4-7,10,12,17-19,23H,8-9,11H2,1-3H3/t17-,18+,19-/m1/s1. The Labute approximate surface area is 168 Å². The Hall–Kier alpha value is -2.62. The van der Waals surface area contributed by atoms with Crippen molar-refractivity contribution >= 4 is 17.4 Å². The van der Waals surface area contributed by atoms with E-state index in [0.717, 1.165) is 6.42 Å². The van der Waals surface area contributed by atoms with Gasteiger partial charge in [-0.1, -0.05) is 13.8 Å². The highest BCUT2D eigenvalue weighted by molar-refractivity contribution is 6.00. The fraction of sp³-hybridized carbons (Fsp3) is 0.500. The van der Waals surface area contributed by atoms with Crippen LogP contribution in [0.3, 0.4) is 0 Å². The summed E-state index contributed by atoms with van der Waals surface area (Å²) in [7, 11) is 0. The molecule has 1 heterocycles. The number of benzene rings is 1. The van der Waals surface area contributed by atoms with Crippen molar-refractivity contribution in [1.82, 2.24) is 0 Å². The van der Waals surface area contributed by atoms with Crippen molar-refractivity contribution in [1.29, 1.82) is 0 Å². The molecular formula is C20H25NO8. The highest BCUT2D eigenvalue weighted by Crippen LogP contribution is 2.29. The lowest BCUT2D eigenvalue weighted by Gasteiger charge is -2.30. The molecule has 0 aliphatic carbocycles. The van der Waals surface area contributed by atoms with Gasteiger partial charge in [0.2, 0.25) is 0 Å². The molecule has 0 radical (unpaired) electrons. The van der Waals surface area contributed by atoms with Gasteiger partial charge in [0, 0.05) is 24.6 Å². The smallest absolute Gasteiger partial charge is 0.302 e. The molecule has 29 heavy (non-hydrogen) atoms. The van der Waals surface area contributed by atoms with Gasteiger partial charge in [-0.25, -0.2) is 0 Å². The summed E-state index contributed by atoms with van der Waals surface area (Å²) in [5, 5.41) is 21.5. The molecule has 9 heteroatoms. The summed E-state index contributed by atoms with van der Waals surface area (Å²) in [5.74, 6) is -0.697. The molecule has 0 bridgehead atoms. The molecule has 1 N–H and O–H groups in total. The number of hydrogen-bond acceptors (Lipinski definition) is 8. The molecule has 9 nitrogen and oxygen atoms in total. The van der Waals surface area contributed by atoms with Crippen molar-refractivity contribution in [3.63, 3.8) is 0 Å². The zero-order chi connectivity index (χ0) is 21.6. The average Bonchev–Trinajstić information content (AvgIpc) is 2.67. The predicted molar refractivity (Wildman–Crippen MR) is 102 cm³/mol. The largest absolute Gasteiger partial charge is 0.463 e. The number of aliphatic hydroxyl groups excluding tert-OH is 1. The maximum absolute atomic E-state index is 12.7. The van der Waals surface area contributed by atoms with Gasteiger partial charge < -0.3 is 19.3 Å². The maximum Gasteiger partial charge on any atom is 0.302 e. The number of nitro groups is 1. The Balaban J connectivity index is 2.22. The van der Waals surface area contributed by atoms with Crippen molar-refractivity contribution in [2.24, 2.45) is 5.92 Å². The lowest BCUT2D eigenvalue weighted by molar-refractivity contribution is -0.384. The fourth-order valence-electron chi connectivity index (χ4n) is 2.68. The van der Waals surface area contributed by atoms with Gasteiger partial charge >= 0.3 is 5.97 Å². The predicted octanol–water partition coefficient (Wildman–Crippen LogP) is 2.47. The van der Waals surface area contributed by atoms with E-state index in [4.69, 9.17) is 14.2 Å². The van der Waals surface area contributed by atoms with Crippen LogP contribution in [-0.2, 0) is 23.8 Å². The number of carbonyl (C=O) groups is 2. The van der Waals surface area contributed by atoms with Gasteiger partial charge in [0.05, 0.1) is 11.5 Å². The first-order valence-electron chi connectivity index (χ1n) is 9.27. The lowest BCUT2D eigenvalue weighted by Crippen LogP contribution is -2.41. The van der Waals surface area contributed by atoms with Gasteiger partial charge in [-0.05, 0) is 36.1 Å². The van der Waals surface area contributed by atoms with E-state index in [1.54, 1.807) is 0 Å². The van der Waals surface area contributed by atoms with E-state index in [2.05, 4.69) is 0 Å². The molecule has 158 valence electrons. The van der Waals surface area contributed by atoms with Crippen LogP contribution in [0.5, 0.6) is 0 Å². The monoisotopic (exact) mass is 407 g/mol. The van der Waals surface area contributed by atoms with Crippen molar-refractivity contribution < 1.29 is 33.8 Å². The third kappa shape index (κ3) is 6.45. The summed E-state index contributed by atoms with van der Waals surface area (Å²) in [4.78, 5) is 34.1. The van der Waals surface area contributed by atoms with Crippen LogP contribution in [0.25, 0.3) is 0 Å². The molecule has 1 aromatic rings. The summed E-state index contributed by atoms with van der Waals surface area (Å²) in [6.07, 6.45) is -1.18. The molecule has 0 amide bonds.